The Morgan fingerprint density at radius 3 is 2.50 bits per heavy atom. The van der Waals surface area contributed by atoms with Crippen LogP contribution in [-0.4, -0.2) is 61.4 Å². The van der Waals surface area contributed by atoms with E-state index in [1.54, 1.807) is 19.0 Å². The first-order chi connectivity index (χ1) is 8.56. The molecule has 0 spiro atoms. The highest BCUT2D eigenvalue weighted by Crippen LogP contribution is 2.10. The Kier molecular flexibility index (Phi) is 6.12. The van der Waals surface area contributed by atoms with E-state index in [4.69, 9.17) is 0 Å². The molecule has 1 N–H and O–H groups in total. The van der Waals surface area contributed by atoms with Crippen LogP contribution in [0.25, 0.3) is 0 Å². The van der Waals surface area contributed by atoms with E-state index in [-0.39, 0.29) is 24.4 Å². The van der Waals surface area contributed by atoms with Crippen LogP contribution in [0.4, 0.5) is 0 Å². The van der Waals surface area contributed by atoms with Crippen LogP contribution in [-0.2, 0) is 9.59 Å². The van der Waals surface area contributed by atoms with Crippen molar-refractivity contribution in [3.8, 4) is 0 Å². The van der Waals surface area contributed by atoms with Crippen LogP contribution < -0.4 is 5.32 Å². The summed E-state index contributed by atoms with van der Waals surface area (Å²) in [6.45, 7) is 3.77. The van der Waals surface area contributed by atoms with E-state index in [0.717, 1.165) is 32.2 Å². The molecule has 1 heterocycles. The third-order valence-corrected chi connectivity index (χ3v) is 3.24. The van der Waals surface area contributed by atoms with Crippen molar-refractivity contribution in [1.82, 2.24) is 15.1 Å². The van der Waals surface area contributed by atoms with Crippen LogP contribution in [0.5, 0.6) is 0 Å². The minimum Gasteiger partial charge on any atom is -0.347 e. The fourth-order valence-electron chi connectivity index (χ4n) is 2.12. The van der Waals surface area contributed by atoms with Gasteiger partial charge in [-0.2, -0.15) is 0 Å². The summed E-state index contributed by atoms with van der Waals surface area (Å²) < 4.78 is 0. The van der Waals surface area contributed by atoms with Gasteiger partial charge in [0.15, 0.2) is 0 Å². The predicted molar refractivity (Wildman–Crippen MR) is 71.2 cm³/mol. The third kappa shape index (κ3) is 4.29. The molecule has 0 saturated carbocycles. The number of carbonyl (C=O) groups is 2. The first kappa shape index (κ1) is 15.0. The lowest BCUT2D eigenvalue weighted by atomic mass is 10.0. The zero-order valence-electron chi connectivity index (χ0n) is 11.7. The summed E-state index contributed by atoms with van der Waals surface area (Å²) >= 11 is 0. The maximum absolute atomic E-state index is 12.3. The van der Waals surface area contributed by atoms with Gasteiger partial charge < -0.3 is 15.1 Å². The van der Waals surface area contributed by atoms with Gasteiger partial charge in [0.2, 0.25) is 11.8 Å². The van der Waals surface area contributed by atoms with Crippen LogP contribution in [0.15, 0.2) is 0 Å². The molecule has 0 bridgehead atoms. The molecule has 5 heteroatoms. The van der Waals surface area contributed by atoms with Gasteiger partial charge in [-0.05, 0) is 25.8 Å². The number of nitrogens with zero attached hydrogens (tertiary/aromatic N) is 2. The molecule has 1 atom stereocenters. The van der Waals surface area contributed by atoms with E-state index >= 15 is 0 Å². The highest BCUT2D eigenvalue weighted by molar-refractivity contribution is 5.87. The summed E-state index contributed by atoms with van der Waals surface area (Å²) in [5.41, 5.74) is 0. The van der Waals surface area contributed by atoms with Crippen molar-refractivity contribution < 1.29 is 9.59 Å². The molecule has 1 aliphatic rings. The van der Waals surface area contributed by atoms with Gasteiger partial charge in [0.05, 0.1) is 12.6 Å². The van der Waals surface area contributed by atoms with Crippen LogP contribution >= 0.6 is 0 Å². The number of piperidine rings is 1. The monoisotopic (exact) mass is 255 g/mol. The Hall–Kier alpha value is -1.10. The number of nitrogens with one attached hydrogen (secondary N) is 1. The SMILES string of the molecule is CCCN(CC(=O)N(C)C)C(=O)[C@H]1CCCCN1. The number of carbonyl (C=O) groups excluding carboxylic acids is 2. The van der Waals surface area contributed by atoms with Gasteiger partial charge in [-0.1, -0.05) is 13.3 Å². The van der Waals surface area contributed by atoms with E-state index in [1.807, 2.05) is 6.92 Å². The number of amides is 2. The van der Waals surface area contributed by atoms with E-state index in [0.29, 0.717) is 6.54 Å². The molecular formula is C13H25N3O2. The largest absolute Gasteiger partial charge is 0.347 e. The molecule has 0 radical (unpaired) electrons. The summed E-state index contributed by atoms with van der Waals surface area (Å²) in [5.74, 6) is 0.0550. The average Bonchev–Trinajstić information content (AvgIpc) is 2.38. The Morgan fingerprint density at radius 2 is 2.00 bits per heavy atom. The molecular weight excluding hydrogens is 230 g/mol. The second kappa shape index (κ2) is 7.36. The molecule has 1 fully saturated rings. The summed E-state index contributed by atoms with van der Waals surface area (Å²) in [6.07, 6.45) is 3.98. The lowest BCUT2D eigenvalue weighted by Gasteiger charge is -2.30. The van der Waals surface area contributed by atoms with Crippen molar-refractivity contribution in [2.24, 2.45) is 0 Å². The quantitative estimate of drug-likeness (QED) is 0.776. The molecule has 5 nitrogen and oxygen atoms in total. The average molecular weight is 255 g/mol. The second-order valence-corrected chi connectivity index (χ2v) is 5.05. The highest BCUT2D eigenvalue weighted by atomic mass is 16.2. The summed E-state index contributed by atoms with van der Waals surface area (Å²) in [5, 5.41) is 3.24. The van der Waals surface area contributed by atoms with Crippen LogP contribution in [0.2, 0.25) is 0 Å². The van der Waals surface area contributed by atoms with Crippen LogP contribution in [0.1, 0.15) is 32.6 Å². The second-order valence-electron chi connectivity index (χ2n) is 5.05. The molecule has 2 amide bonds. The smallest absolute Gasteiger partial charge is 0.241 e. The Labute approximate surface area is 110 Å². The first-order valence-electron chi connectivity index (χ1n) is 6.78. The van der Waals surface area contributed by atoms with Crippen molar-refractivity contribution >= 4 is 11.8 Å². The minimum atomic E-state index is -0.0970. The zero-order valence-corrected chi connectivity index (χ0v) is 11.7. The van der Waals surface area contributed by atoms with Gasteiger partial charge in [0.1, 0.15) is 0 Å². The molecule has 104 valence electrons. The van der Waals surface area contributed by atoms with Gasteiger partial charge in [0, 0.05) is 20.6 Å². The lowest BCUT2D eigenvalue weighted by Crippen LogP contribution is -2.51. The summed E-state index contributed by atoms with van der Waals surface area (Å²) in [7, 11) is 3.44. The van der Waals surface area contributed by atoms with Crippen molar-refractivity contribution in [3.63, 3.8) is 0 Å². The molecule has 0 aromatic carbocycles. The van der Waals surface area contributed by atoms with E-state index < -0.39 is 0 Å². The fourth-order valence-corrected chi connectivity index (χ4v) is 2.12. The normalized spacial score (nSPS) is 19.4. The van der Waals surface area contributed by atoms with Gasteiger partial charge in [-0.25, -0.2) is 0 Å². The molecule has 18 heavy (non-hydrogen) atoms. The van der Waals surface area contributed by atoms with E-state index in [1.165, 1.54) is 4.90 Å². The molecule has 0 unspecified atom stereocenters. The standard InChI is InChI=1S/C13H25N3O2/c1-4-9-16(10-12(17)15(2)3)13(18)11-7-5-6-8-14-11/h11,14H,4-10H2,1-3H3/t11-/m1/s1. The first-order valence-corrected chi connectivity index (χ1v) is 6.78. The Bertz CT molecular complexity index is 286. The number of hydrogen-bond donors (Lipinski definition) is 1. The summed E-state index contributed by atoms with van der Waals surface area (Å²) in [6, 6.07) is -0.0970. The van der Waals surface area contributed by atoms with Crippen molar-refractivity contribution in [1.29, 1.82) is 0 Å². The van der Waals surface area contributed by atoms with Crippen molar-refractivity contribution in [2.75, 3.05) is 33.7 Å². The maximum atomic E-state index is 12.3. The lowest BCUT2D eigenvalue weighted by molar-refractivity contribution is -0.140. The van der Waals surface area contributed by atoms with Crippen LogP contribution in [0.3, 0.4) is 0 Å². The van der Waals surface area contributed by atoms with Gasteiger partial charge in [-0.3, -0.25) is 9.59 Å². The van der Waals surface area contributed by atoms with Crippen molar-refractivity contribution in [2.45, 2.75) is 38.6 Å². The zero-order chi connectivity index (χ0) is 13.5. The van der Waals surface area contributed by atoms with E-state index in [9.17, 15) is 9.59 Å². The maximum Gasteiger partial charge on any atom is 0.241 e. The number of likely N-dealkylation sites (N-methyl/N-ethyl adjacent to an activating group) is 1. The fraction of sp³-hybridized carbons (Fsp3) is 0.846. The topological polar surface area (TPSA) is 52.7 Å². The molecule has 1 aliphatic heterocycles. The van der Waals surface area contributed by atoms with Gasteiger partial charge in [-0.15, -0.1) is 0 Å². The minimum absolute atomic E-state index is 0.0207. The highest BCUT2D eigenvalue weighted by Gasteiger charge is 2.26. The Balaban J connectivity index is 2.58. The van der Waals surface area contributed by atoms with E-state index in [2.05, 4.69) is 5.32 Å². The Morgan fingerprint density at radius 1 is 1.28 bits per heavy atom. The molecule has 1 rings (SSSR count). The van der Waals surface area contributed by atoms with Crippen LogP contribution in [0, 0.1) is 0 Å². The predicted octanol–water partition coefficient (Wildman–Crippen LogP) is 0.455. The van der Waals surface area contributed by atoms with Gasteiger partial charge in [0.25, 0.3) is 0 Å². The number of hydrogen-bond acceptors (Lipinski definition) is 3. The third-order valence-electron chi connectivity index (χ3n) is 3.24. The molecule has 0 aliphatic carbocycles. The number of rotatable bonds is 5. The van der Waals surface area contributed by atoms with Gasteiger partial charge >= 0.3 is 0 Å². The summed E-state index contributed by atoms with van der Waals surface area (Å²) in [4.78, 5) is 27.3. The van der Waals surface area contributed by atoms with Crippen molar-refractivity contribution in [3.05, 3.63) is 0 Å². The molecule has 0 aromatic rings. The molecule has 1 saturated heterocycles. The molecule has 0 aromatic heterocycles.